The quantitative estimate of drug-likeness (QED) is 0.628. The predicted molar refractivity (Wildman–Crippen MR) is 115 cm³/mol. The molecule has 2 heterocycles. The lowest BCUT2D eigenvalue weighted by Crippen LogP contribution is -2.52. The number of halogens is 1. The van der Waals surface area contributed by atoms with E-state index >= 15 is 0 Å². The van der Waals surface area contributed by atoms with Crippen molar-refractivity contribution in [3.8, 4) is 5.69 Å². The number of piperidine rings is 1. The fourth-order valence-electron chi connectivity index (χ4n) is 4.10. The number of aromatic nitrogens is 4. The second-order valence-electron chi connectivity index (χ2n) is 9.28. The van der Waals surface area contributed by atoms with Crippen LogP contribution in [0.1, 0.15) is 32.8 Å². The third-order valence-corrected chi connectivity index (χ3v) is 5.99. The van der Waals surface area contributed by atoms with Crippen LogP contribution in [0.25, 0.3) is 5.69 Å². The van der Waals surface area contributed by atoms with Gasteiger partial charge in [-0.05, 0) is 73.2 Å². The Morgan fingerprint density at radius 1 is 1.38 bits per heavy atom. The van der Waals surface area contributed by atoms with Crippen molar-refractivity contribution in [2.24, 2.45) is 11.8 Å². The van der Waals surface area contributed by atoms with E-state index < -0.39 is 23.7 Å². The van der Waals surface area contributed by atoms with E-state index in [2.05, 4.69) is 20.8 Å². The molecule has 2 amide bonds. The Labute approximate surface area is 190 Å². The van der Waals surface area contributed by atoms with Crippen molar-refractivity contribution in [2.45, 2.75) is 51.5 Å². The first-order chi connectivity index (χ1) is 15.1. The van der Waals surface area contributed by atoms with Gasteiger partial charge < -0.3 is 20.1 Å². The number of hydrogen-bond acceptors (Lipinski definition) is 7. The van der Waals surface area contributed by atoms with Crippen LogP contribution in [0.3, 0.4) is 0 Å². The van der Waals surface area contributed by atoms with E-state index in [9.17, 15) is 14.7 Å². The average molecular weight is 463 g/mol. The zero-order valence-corrected chi connectivity index (χ0v) is 19.0. The van der Waals surface area contributed by atoms with E-state index in [-0.39, 0.29) is 25.0 Å². The van der Waals surface area contributed by atoms with Crippen molar-refractivity contribution in [3.05, 3.63) is 35.1 Å². The van der Waals surface area contributed by atoms with E-state index in [1.807, 2.05) is 20.8 Å². The van der Waals surface area contributed by atoms with Crippen LogP contribution in [-0.2, 0) is 20.9 Å². The molecule has 1 aromatic heterocycles. The second-order valence-corrected chi connectivity index (χ2v) is 9.72. The van der Waals surface area contributed by atoms with Gasteiger partial charge in [0.2, 0.25) is 5.91 Å². The van der Waals surface area contributed by atoms with Gasteiger partial charge in [-0.25, -0.2) is 4.68 Å². The zero-order chi connectivity index (χ0) is 23.0. The van der Waals surface area contributed by atoms with Crippen LogP contribution in [0.5, 0.6) is 0 Å². The van der Waals surface area contributed by atoms with Crippen molar-refractivity contribution in [3.63, 3.8) is 0 Å². The second kappa shape index (κ2) is 8.76. The van der Waals surface area contributed by atoms with Gasteiger partial charge in [-0.2, -0.15) is 0 Å². The lowest BCUT2D eigenvalue weighted by Gasteiger charge is -2.29. The smallest absolute Gasteiger partial charge is 0.254 e. The molecule has 0 spiro atoms. The van der Waals surface area contributed by atoms with Gasteiger partial charge in [-0.3, -0.25) is 9.59 Å². The fourth-order valence-corrected chi connectivity index (χ4v) is 4.29. The summed E-state index contributed by atoms with van der Waals surface area (Å²) in [5.41, 5.74) is 0.956. The number of likely N-dealkylation sites (tertiary alicyclic amines) is 1. The minimum absolute atomic E-state index is 0.111. The molecule has 2 aliphatic rings. The molecule has 32 heavy (non-hydrogen) atoms. The van der Waals surface area contributed by atoms with Gasteiger partial charge >= 0.3 is 0 Å². The summed E-state index contributed by atoms with van der Waals surface area (Å²) in [4.78, 5) is 27.4. The lowest BCUT2D eigenvalue weighted by molar-refractivity contribution is -0.151. The Balaban J connectivity index is 1.43. The topological polar surface area (TPSA) is 122 Å². The van der Waals surface area contributed by atoms with Crippen LogP contribution < -0.4 is 5.32 Å². The Morgan fingerprint density at radius 2 is 2.16 bits per heavy atom. The number of aliphatic hydroxyl groups is 1. The molecular weight excluding hydrogens is 436 g/mol. The van der Waals surface area contributed by atoms with Crippen molar-refractivity contribution < 1.29 is 19.4 Å². The molecule has 1 saturated heterocycles. The van der Waals surface area contributed by atoms with E-state index in [1.165, 1.54) is 15.9 Å². The third-order valence-electron chi connectivity index (χ3n) is 5.75. The molecule has 4 atom stereocenters. The number of rotatable bonds is 7. The van der Waals surface area contributed by atoms with Crippen LogP contribution in [0.4, 0.5) is 0 Å². The number of fused-ring (bicyclic) bond motifs is 1. The number of nitrogens with zero attached hydrogens (tertiary/aromatic N) is 5. The summed E-state index contributed by atoms with van der Waals surface area (Å²) in [6.07, 6.45) is 1.06. The predicted octanol–water partition coefficient (Wildman–Crippen LogP) is 0.955. The molecule has 1 aliphatic carbocycles. The molecule has 2 aromatic rings. The minimum Gasteiger partial charge on any atom is -0.381 e. The van der Waals surface area contributed by atoms with Gasteiger partial charge in [0.1, 0.15) is 12.4 Å². The number of carbonyl (C=O) groups is 2. The Hall–Kier alpha value is -2.56. The van der Waals surface area contributed by atoms with E-state index in [1.54, 1.807) is 18.2 Å². The molecule has 0 unspecified atom stereocenters. The molecule has 4 rings (SSSR count). The summed E-state index contributed by atoms with van der Waals surface area (Å²) in [7, 11) is 0. The van der Waals surface area contributed by atoms with E-state index in [4.69, 9.17) is 16.3 Å². The normalized spacial score (nSPS) is 23.0. The highest BCUT2D eigenvalue weighted by Crippen LogP contribution is 2.49. The van der Waals surface area contributed by atoms with Crippen molar-refractivity contribution in [1.82, 2.24) is 30.4 Å². The van der Waals surface area contributed by atoms with Gasteiger partial charge in [0.25, 0.3) is 5.91 Å². The molecule has 2 N–H and O–H groups in total. The maximum atomic E-state index is 13.1. The molecule has 1 saturated carbocycles. The number of nitrogens with one attached hydrogen (secondary N) is 1. The molecule has 0 radical (unpaired) electrons. The van der Waals surface area contributed by atoms with Gasteiger partial charge in [0.05, 0.1) is 17.9 Å². The summed E-state index contributed by atoms with van der Waals surface area (Å²) in [5.74, 6) is -0.310. The van der Waals surface area contributed by atoms with Crippen molar-refractivity contribution >= 4 is 23.4 Å². The number of ether oxygens (including phenoxy) is 1. The number of tetrazole rings is 1. The summed E-state index contributed by atoms with van der Waals surface area (Å²) in [6, 6.07) is 4.63. The fraction of sp³-hybridized carbons (Fsp3) is 0.571. The van der Waals surface area contributed by atoms with E-state index in [0.717, 1.165) is 12.0 Å². The van der Waals surface area contributed by atoms with Crippen molar-refractivity contribution in [1.29, 1.82) is 0 Å². The van der Waals surface area contributed by atoms with Crippen LogP contribution in [-0.4, -0.2) is 72.9 Å². The monoisotopic (exact) mass is 462 g/mol. The van der Waals surface area contributed by atoms with Crippen molar-refractivity contribution in [2.75, 3.05) is 13.2 Å². The molecule has 2 fully saturated rings. The largest absolute Gasteiger partial charge is 0.381 e. The Morgan fingerprint density at radius 3 is 2.84 bits per heavy atom. The maximum absolute atomic E-state index is 13.1. The van der Waals surface area contributed by atoms with Crippen LogP contribution in [0.15, 0.2) is 24.5 Å². The van der Waals surface area contributed by atoms with Gasteiger partial charge in [0.15, 0.2) is 6.10 Å². The number of aliphatic hydroxyl groups excluding tert-OH is 1. The van der Waals surface area contributed by atoms with Crippen LogP contribution in [0, 0.1) is 11.8 Å². The summed E-state index contributed by atoms with van der Waals surface area (Å²) in [5, 5.41) is 25.0. The highest BCUT2D eigenvalue weighted by molar-refractivity contribution is 6.30. The highest BCUT2D eigenvalue weighted by atomic mass is 35.5. The van der Waals surface area contributed by atoms with Gasteiger partial charge in [-0.15, -0.1) is 5.10 Å². The zero-order valence-electron chi connectivity index (χ0n) is 18.2. The van der Waals surface area contributed by atoms with Crippen LogP contribution in [0.2, 0.25) is 5.02 Å². The first-order valence-corrected chi connectivity index (χ1v) is 10.9. The molecule has 1 aliphatic heterocycles. The van der Waals surface area contributed by atoms with Gasteiger partial charge in [-0.1, -0.05) is 11.6 Å². The van der Waals surface area contributed by atoms with Crippen LogP contribution >= 0.6 is 11.6 Å². The third kappa shape index (κ3) is 4.92. The average Bonchev–Trinajstić information content (AvgIpc) is 3.14. The molecule has 11 heteroatoms. The SMILES string of the molecule is CC(C)(C)OC[C@@H](O)C(=O)N1C[C@@H]2C[C@@H]2[C@H]1C(=O)NCc1cc(Cl)ccc1-n1cnnn1. The number of amides is 2. The summed E-state index contributed by atoms with van der Waals surface area (Å²) >= 11 is 6.15. The highest BCUT2D eigenvalue weighted by Gasteiger charge is 2.57. The first-order valence-electron chi connectivity index (χ1n) is 10.6. The number of benzene rings is 1. The molecule has 0 bridgehead atoms. The molecule has 172 valence electrons. The Bertz CT molecular complexity index is 993. The Kier molecular flexibility index (Phi) is 6.19. The molecular formula is C21H27ClN6O4. The maximum Gasteiger partial charge on any atom is 0.254 e. The summed E-state index contributed by atoms with van der Waals surface area (Å²) < 4.78 is 7.03. The first kappa shape index (κ1) is 22.6. The lowest BCUT2D eigenvalue weighted by atomic mass is 10.1. The number of carbonyl (C=O) groups excluding carboxylic acids is 2. The number of hydrogen-bond donors (Lipinski definition) is 2. The van der Waals surface area contributed by atoms with E-state index in [0.29, 0.717) is 23.2 Å². The minimum atomic E-state index is -1.30. The molecule has 1 aromatic carbocycles. The van der Waals surface area contributed by atoms with Gasteiger partial charge in [0, 0.05) is 18.1 Å². The standard InChI is InChI=1S/C21H27ClN6O4/c1-21(2,3)32-10-17(29)20(31)27-9-13-7-15(13)18(27)19(30)23-8-12-6-14(22)4-5-16(12)28-11-24-25-26-28/h4-6,11,13,15,17-18,29H,7-10H2,1-3H3,(H,23,30)/t13-,15-,17+,18-/m0/s1. The summed E-state index contributed by atoms with van der Waals surface area (Å²) in [6.45, 7) is 6.11. The molecule has 10 nitrogen and oxygen atoms in total.